The number of aliphatic hydroxyl groups excluding tert-OH is 1. The van der Waals surface area contributed by atoms with Crippen molar-refractivity contribution in [2.75, 3.05) is 0 Å². The van der Waals surface area contributed by atoms with Crippen LogP contribution in [0.4, 0.5) is 0 Å². The number of carboxylic acid groups (broad SMARTS) is 2. The smallest absolute Gasteiger partial charge is 0.303 e. The molecule has 0 aromatic rings. The van der Waals surface area contributed by atoms with Crippen molar-refractivity contribution in [3.05, 3.63) is 0 Å². The average Bonchev–Trinajstić information content (AvgIpc) is 2.51. The van der Waals surface area contributed by atoms with E-state index in [9.17, 15) is 14.7 Å². The highest BCUT2D eigenvalue weighted by Crippen LogP contribution is 2.14. The zero-order valence-electron chi connectivity index (χ0n) is 15.0. The first-order valence-electron chi connectivity index (χ1n) is 9.64. The van der Waals surface area contributed by atoms with Gasteiger partial charge in [0.1, 0.15) is 0 Å². The number of carbonyl (C=O) groups is 2. The van der Waals surface area contributed by atoms with E-state index in [1.165, 1.54) is 0 Å². The minimum Gasteiger partial charge on any atom is -0.481 e. The number of rotatable bonds is 18. The summed E-state index contributed by atoms with van der Waals surface area (Å²) in [5.74, 6) is -1.42. The van der Waals surface area contributed by atoms with Crippen molar-refractivity contribution < 1.29 is 24.9 Å². The predicted molar refractivity (Wildman–Crippen MR) is 95.2 cm³/mol. The maximum Gasteiger partial charge on any atom is 0.303 e. The van der Waals surface area contributed by atoms with Crippen LogP contribution in [-0.4, -0.2) is 33.4 Å². The third-order valence-corrected chi connectivity index (χ3v) is 4.36. The van der Waals surface area contributed by atoms with Gasteiger partial charge in [-0.05, 0) is 25.7 Å². The van der Waals surface area contributed by atoms with Crippen molar-refractivity contribution in [3.63, 3.8) is 0 Å². The minimum absolute atomic E-state index is 0.191. The lowest BCUT2D eigenvalue weighted by atomic mass is 10.0. The van der Waals surface area contributed by atoms with Crippen LogP contribution in [0.25, 0.3) is 0 Å². The lowest BCUT2D eigenvalue weighted by molar-refractivity contribution is -0.138. The van der Waals surface area contributed by atoms with Crippen LogP contribution in [0.15, 0.2) is 0 Å². The number of aliphatic hydroxyl groups is 1. The highest BCUT2D eigenvalue weighted by Gasteiger charge is 2.04. The van der Waals surface area contributed by atoms with Crippen LogP contribution in [0.1, 0.15) is 103 Å². The molecule has 142 valence electrons. The van der Waals surface area contributed by atoms with E-state index in [2.05, 4.69) is 0 Å². The predicted octanol–water partition coefficient (Wildman–Crippen LogP) is 4.76. The zero-order chi connectivity index (χ0) is 18.0. The van der Waals surface area contributed by atoms with E-state index in [0.717, 1.165) is 89.9 Å². The van der Waals surface area contributed by atoms with Crippen molar-refractivity contribution in [3.8, 4) is 0 Å². The Morgan fingerprint density at radius 3 is 1.17 bits per heavy atom. The monoisotopic (exact) mass is 344 g/mol. The Hall–Kier alpha value is -1.10. The van der Waals surface area contributed by atoms with Crippen molar-refractivity contribution in [1.82, 2.24) is 0 Å². The third kappa shape index (κ3) is 18.9. The van der Waals surface area contributed by atoms with E-state index in [1.807, 2.05) is 0 Å². The maximum absolute atomic E-state index is 10.4. The van der Waals surface area contributed by atoms with E-state index in [4.69, 9.17) is 10.2 Å². The largest absolute Gasteiger partial charge is 0.481 e. The Balaban J connectivity index is 3.19. The standard InChI is InChI=1S/C19H36O5/c20-17(13-9-5-1-3-7-11-15-18(21)22)14-10-6-2-4-8-12-16-19(23)24/h17,20H,1-16H2,(H,21,22)(H,23,24). The van der Waals surface area contributed by atoms with Gasteiger partial charge < -0.3 is 15.3 Å². The molecule has 5 heteroatoms. The van der Waals surface area contributed by atoms with Gasteiger partial charge in [0.25, 0.3) is 0 Å². The lowest BCUT2D eigenvalue weighted by Crippen LogP contribution is -2.05. The molecule has 0 aromatic carbocycles. The quantitative estimate of drug-likeness (QED) is 0.312. The van der Waals surface area contributed by atoms with Crippen molar-refractivity contribution in [2.24, 2.45) is 0 Å². The molecule has 0 bridgehead atoms. The molecule has 0 aliphatic carbocycles. The second-order valence-corrected chi connectivity index (χ2v) is 6.76. The number of hydrogen-bond acceptors (Lipinski definition) is 3. The number of aliphatic carboxylic acids is 2. The van der Waals surface area contributed by atoms with E-state index in [1.54, 1.807) is 0 Å². The number of hydrogen-bond donors (Lipinski definition) is 3. The topological polar surface area (TPSA) is 94.8 Å². The van der Waals surface area contributed by atoms with Crippen LogP contribution >= 0.6 is 0 Å². The normalized spacial score (nSPS) is 11.1. The summed E-state index contributed by atoms with van der Waals surface area (Å²) in [6, 6.07) is 0. The Kier molecular flexibility index (Phi) is 16.0. The van der Waals surface area contributed by atoms with Gasteiger partial charge in [-0.15, -0.1) is 0 Å². The SMILES string of the molecule is O=C(O)CCCCCCCCC(O)CCCCCCCCC(=O)O. The molecule has 0 atom stereocenters. The Morgan fingerprint density at radius 1 is 0.542 bits per heavy atom. The van der Waals surface area contributed by atoms with Crippen LogP contribution in [0.3, 0.4) is 0 Å². The summed E-state index contributed by atoms with van der Waals surface area (Å²) in [7, 11) is 0. The summed E-state index contributed by atoms with van der Waals surface area (Å²) < 4.78 is 0. The molecular formula is C19H36O5. The molecule has 0 radical (unpaired) electrons. The molecule has 24 heavy (non-hydrogen) atoms. The molecule has 0 heterocycles. The van der Waals surface area contributed by atoms with Crippen molar-refractivity contribution >= 4 is 11.9 Å². The number of carboxylic acids is 2. The second kappa shape index (κ2) is 16.7. The molecule has 5 nitrogen and oxygen atoms in total. The van der Waals surface area contributed by atoms with Crippen molar-refractivity contribution in [1.29, 1.82) is 0 Å². The summed E-state index contributed by atoms with van der Waals surface area (Å²) in [4.78, 5) is 20.7. The summed E-state index contributed by atoms with van der Waals surface area (Å²) in [6.45, 7) is 0. The molecule has 0 rings (SSSR count). The van der Waals surface area contributed by atoms with Gasteiger partial charge in [0.2, 0.25) is 0 Å². The fraction of sp³-hybridized carbons (Fsp3) is 0.895. The summed E-state index contributed by atoms with van der Waals surface area (Å²) >= 11 is 0. The molecular weight excluding hydrogens is 308 g/mol. The first kappa shape index (κ1) is 22.9. The first-order valence-corrected chi connectivity index (χ1v) is 9.64. The maximum atomic E-state index is 10.4. The van der Waals surface area contributed by atoms with Crippen LogP contribution in [-0.2, 0) is 9.59 Å². The fourth-order valence-electron chi connectivity index (χ4n) is 2.87. The molecule has 0 aliphatic heterocycles. The molecule has 0 fully saturated rings. The van der Waals surface area contributed by atoms with Gasteiger partial charge in [0.05, 0.1) is 6.10 Å². The lowest BCUT2D eigenvalue weighted by Gasteiger charge is -2.10. The van der Waals surface area contributed by atoms with E-state index in [0.29, 0.717) is 0 Å². The molecule has 0 saturated heterocycles. The van der Waals surface area contributed by atoms with Gasteiger partial charge in [-0.3, -0.25) is 9.59 Å². The van der Waals surface area contributed by atoms with Gasteiger partial charge in [0.15, 0.2) is 0 Å². The Morgan fingerprint density at radius 2 is 0.833 bits per heavy atom. The molecule has 0 saturated carbocycles. The second-order valence-electron chi connectivity index (χ2n) is 6.76. The Bertz CT molecular complexity index is 287. The van der Waals surface area contributed by atoms with Crippen molar-refractivity contribution in [2.45, 2.75) is 109 Å². The van der Waals surface area contributed by atoms with Gasteiger partial charge in [0, 0.05) is 12.8 Å². The molecule has 0 spiro atoms. The zero-order valence-corrected chi connectivity index (χ0v) is 15.0. The average molecular weight is 344 g/mol. The minimum atomic E-state index is -0.710. The van der Waals surface area contributed by atoms with Gasteiger partial charge in [-0.25, -0.2) is 0 Å². The third-order valence-electron chi connectivity index (χ3n) is 4.36. The van der Waals surface area contributed by atoms with Gasteiger partial charge in [-0.1, -0.05) is 64.2 Å². The van der Waals surface area contributed by atoms with E-state index >= 15 is 0 Å². The van der Waals surface area contributed by atoms with Crippen LogP contribution in [0, 0.1) is 0 Å². The molecule has 0 aliphatic rings. The summed E-state index contributed by atoms with van der Waals surface area (Å²) in [5, 5.41) is 27.0. The van der Waals surface area contributed by atoms with E-state index < -0.39 is 11.9 Å². The molecule has 0 amide bonds. The van der Waals surface area contributed by atoms with Gasteiger partial charge >= 0.3 is 11.9 Å². The fourth-order valence-corrected chi connectivity index (χ4v) is 2.87. The molecule has 3 N–H and O–H groups in total. The highest BCUT2D eigenvalue weighted by molar-refractivity contribution is 5.66. The molecule has 0 unspecified atom stereocenters. The summed E-state index contributed by atoms with van der Waals surface area (Å²) in [5.41, 5.74) is 0. The Labute approximate surface area is 146 Å². The first-order chi connectivity index (χ1) is 11.5. The van der Waals surface area contributed by atoms with Crippen LogP contribution < -0.4 is 0 Å². The molecule has 0 aromatic heterocycles. The highest BCUT2D eigenvalue weighted by atomic mass is 16.4. The van der Waals surface area contributed by atoms with Gasteiger partial charge in [-0.2, -0.15) is 0 Å². The van der Waals surface area contributed by atoms with Crippen LogP contribution in [0.2, 0.25) is 0 Å². The van der Waals surface area contributed by atoms with E-state index in [-0.39, 0.29) is 18.9 Å². The summed E-state index contributed by atoms with van der Waals surface area (Å²) in [6.07, 6.45) is 14.4. The van der Waals surface area contributed by atoms with Crippen LogP contribution in [0.5, 0.6) is 0 Å². The number of unbranched alkanes of at least 4 members (excludes halogenated alkanes) is 10.